The predicted molar refractivity (Wildman–Crippen MR) is 74.8 cm³/mol. The molecule has 2 aromatic rings. The quantitative estimate of drug-likeness (QED) is 0.719. The number of hydrogen-bond acceptors (Lipinski definition) is 5. The Labute approximate surface area is 120 Å². The average molecular weight is 289 g/mol. The molecule has 0 aliphatic rings. The fraction of sp³-hybridized carbons (Fsp3) is 0.231. The number of ether oxygens (including phenoxy) is 1. The van der Waals surface area contributed by atoms with Crippen molar-refractivity contribution in [3.05, 3.63) is 35.9 Å². The topological polar surface area (TPSA) is 123 Å². The highest BCUT2D eigenvalue weighted by molar-refractivity contribution is 6.02. The third-order valence-electron chi connectivity index (χ3n) is 2.54. The number of H-pyrrole nitrogens is 1. The summed E-state index contributed by atoms with van der Waals surface area (Å²) in [6, 6.07) is 6.86. The molecule has 0 aliphatic heterocycles. The fourth-order valence-electron chi connectivity index (χ4n) is 1.58. The summed E-state index contributed by atoms with van der Waals surface area (Å²) in [4.78, 5) is 26.6. The number of nitrogens with one attached hydrogen (secondary N) is 2. The summed E-state index contributed by atoms with van der Waals surface area (Å²) >= 11 is 0. The van der Waals surface area contributed by atoms with E-state index in [0.29, 0.717) is 17.3 Å². The van der Waals surface area contributed by atoms with Crippen molar-refractivity contribution in [3.8, 4) is 5.75 Å². The highest BCUT2D eigenvalue weighted by atomic mass is 16.5. The molecule has 0 aliphatic carbocycles. The number of aromatic amines is 1. The van der Waals surface area contributed by atoms with Gasteiger partial charge in [-0.1, -0.05) is 12.1 Å². The Morgan fingerprint density at radius 2 is 2.14 bits per heavy atom. The number of hydrogen-bond donors (Lipinski definition) is 3. The number of primary amides is 1. The molecule has 110 valence electrons. The maximum atomic E-state index is 12.0. The first-order chi connectivity index (χ1) is 10.1. The van der Waals surface area contributed by atoms with Crippen LogP contribution in [0, 0.1) is 6.92 Å². The lowest BCUT2D eigenvalue weighted by Gasteiger charge is -2.10. The Morgan fingerprint density at radius 3 is 2.81 bits per heavy atom. The number of nitrogens with two attached hydrogens (primary N) is 1. The van der Waals surface area contributed by atoms with E-state index >= 15 is 0 Å². The second kappa shape index (κ2) is 6.51. The van der Waals surface area contributed by atoms with Crippen LogP contribution >= 0.6 is 0 Å². The SMILES string of the molecule is Cc1nc(C(=O)Nc2ccccc2OCCC(N)=O)n[nH]1. The molecular formula is C13H15N5O3. The van der Waals surface area contributed by atoms with Crippen LogP contribution in [-0.2, 0) is 4.79 Å². The van der Waals surface area contributed by atoms with Gasteiger partial charge in [0.2, 0.25) is 11.7 Å². The zero-order valence-corrected chi connectivity index (χ0v) is 11.4. The lowest BCUT2D eigenvalue weighted by molar-refractivity contribution is -0.118. The smallest absolute Gasteiger partial charge is 0.295 e. The van der Waals surface area contributed by atoms with Crippen LogP contribution in [0.1, 0.15) is 22.9 Å². The van der Waals surface area contributed by atoms with Crippen molar-refractivity contribution in [1.29, 1.82) is 0 Å². The van der Waals surface area contributed by atoms with Crippen LogP contribution < -0.4 is 15.8 Å². The van der Waals surface area contributed by atoms with E-state index < -0.39 is 11.8 Å². The van der Waals surface area contributed by atoms with Crippen molar-refractivity contribution in [2.24, 2.45) is 5.73 Å². The summed E-state index contributed by atoms with van der Waals surface area (Å²) < 4.78 is 5.43. The van der Waals surface area contributed by atoms with E-state index in [2.05, 4.69) is 20.5 Å². The minimum Gasteiger partial charge on any atom is -0.491 e. The van der Waals surface area contributed by atoms with Crippen LogP contribution in [0.3, 0.4) is 0 Å². The molecule has 0 radical (unpaired) electrons. The number of aromatic nitrogens is 3. The molecule has 4 N–H and O–H groups in total. The van der Waals surface area contributed by atoms with E-state index in [1.165, 1.54) is 0 Å². The van der Waals surface area contributed by atoms with Gasteiger partial charge in [0.1, 0.15) is 11.6 Å². The van der Waals surface area contributed by atoms with Gasteiger partial charge in [-0.15, -0.1) is 5.10 Å². The lowest BCUT2D eigenvalue weighted by Crippen LogP contribution is -2.17. The zero-order chi connectivity index (χ0) is 15.2. The number of carbonyl (C=O) groups is 2. The van der Waals surface area contributed by atoms with E-state index in [1.807, 2.05) is 0 Å². The van der Waals surface area contributed by atoms with Crippen LogP contribution in [0.2, 0.25) is 0 Å². The largest absolute Gasteiger partial charge is 0.491 e. The van der Waals surface area contributed by atoms with E-state index in [4.69, 9.17) is 10.5 Å². The minimum atomic E-state index is -0.453. The Hall–Kier alpha value is -2.90. The normalized spacial score (nSPS) is 10.1. The predicted octanol–water partition coefficient (Wildman–Crippen LogP) is 0.620. The van der Waals surface area contributed by atoms with Gasteiger partial charge < -0.3 is 15.8 Å². The maximum Gasteiger partial charge on any atom is 0.295 e. The summed E-state index contributed by atoms with van der Waals surface area (Å²) in [5.41, 5.74) is 5.51. The van der Waals surface area contributed by atoms with Crippen LogP contribution in [0.15, 0.2) is 24.3 Å². The van der Waals surface area contributed by atoms with E-state index in [1.54, 1.807) is 31.2 Å². The number of rotatable bonds is 6. The number of amides is 2. The Balaban J connectivity index is 2.05. The van der Waals surface area contributed by atoms with Gasteiger partial charge >= 0.3 is 0 Å². The molecule has 0 fully saturated rings. The summed E-state index contributed by atoms with van der Waals surface area (Å²) in [7, 11) is 0. The van der Waals surface area contributed by atoms with Crippen molar-refractivity contribution in [2.75, 3.05) is 11.9 Å². The monoisotopic (exact) mass is 289 g/mol. The second-order valence-electron chi connectivity index (χ2n) is 4.26. The van der Waals surface area contributed by atoms with Gasteiger partial charge in [-0.25, -0.2) is 4.98 Å². The highest BCUT2D eigenvalue weighted by Crippen LogP contribution is 2.24. The Bertz CT molecular complexity index is 653. The van der Waals surface area contributed by atoms with Crippen molar-refractivity contribution >= 4 is 17.5 Å². The number of para-hydroxylation sites is 2. The van der Waals surface area contributed by atoms with Gasteiger partial charge in [-0.05, 0) is 19.1 Å². The van der Waals surface area contributed by atoms with Crippen LogP contribution in [-0.4, -0.2) is 33.6 Å². The van der Waals surface area contributed by atoms with Crippen LogP contribution in [0.4, 0.5) is 5.69 Å². The third-order valence-corrected chi connectivity index (χ3v) is 2.54. The van der Waals surface area contributed by atoms with Crippen molar-refractivity contribution in [3.63, 3.8) is 0 Å². The number of nitrogens with zero attached hydrogens (tertiary/aromatic N) is 2. The second-order valence-corrected chi connectivity index (χ2v) is 4.26. The third kappa shape index (κ3) is 4.03. The summed E-state index contributed by atoms with van der Waals surface area (Å²) in [5.74, 6) is 0.128. The molecule has 0 saturated carbocycles. The van der Waals surface area contributed by atoms with Crippen molar-refractivity contribution < 1.29 is 14.3 Å². The fourth-order valence-corrected chi connectivity index (χ4v) is 1.58. The van der Waals surface area contributed by atoms with Gasteiger partial charge in [0, 0.05) is 0 Å². The standard InChI is InChI=1S/C13H15N5O3/c1-8-15-12(18-17-8)13(20)16-9-4-2-3-5-10(9)21-7-6-11(14)19/h2-5H,6-7H2,1H3,(H2,14,19)(H,16,20)(H,15,17,18). The molecule has 0 unspecified atom stereocenters. The molecule has 0 atom stereocenters. The molecule has 2 amide bonds. The maximum absolute atomic E-state index is 12.0. The van der Waals surface area contributed by atoms with Crippen molar-refractivity contribution in [2.45, 2.75) is 13.3 Å². The summed E-state index contributed by atoms with van der Waals surface area (Å²) in [5, 5.41) is 9.02. The summed E-state index contributed by atoms with van der Waals surface area (Å²) in [6.45, 7) is 1.84. The molecule has 1 heterocycles. The Morgan fingerprint density at radius 1 is 1.38 bits per heavy atom. The molecule has 1 aromatic heterocycles. The van der Waals surface area contributed by atoms with Crippen LogP contribution in [0.5, 0.6) is 5.75 Å². The van der Waals surface area contributed by atoms with Gasteiger partial charge in [-0.2, -0.15) is 0 Å². The average Bonchev–Trinajstić information content (AvgIpc) is 2.87. The molecule has 21 heavy (non-hydrogen) atoms. The van der Waals surface area contributed by atoms with Crippen molar-refractivity contribution in [1.82, 2.24) is 15.2 Å². The van der Waals surface area contributed by atoms with Gasteiger partial charge in [0.05, 0.1) is 18.7 Å². The van der Waals surface area contributed by atoms with E-state index in [-0.39, 0.29) is 18.9 Å². The number of aryl methyl sites for hydroxylation is 1. The van der Waals surface area contributed by atoms with Gasteiger partial charge in [0.25, 0.3) is 5.91 Å². The molecule has 8 heteroatoms. The number of anilines is 1. The molecule has 0 saturated heterocycles. The molecule has 2 rings (SSSR count). The minimum absolute atomic E-state index is 0.0411. The first-order valence-corrected chi connectivity index (χ1v) is 6.27. The van der Waals surface area contributed by atoms with Crippen LogP contribution in [0.25, 0.3) is 0 Å². The highest BCUT2D eigenvalue weighted by Gasteiger charge is 2.13. The molecular weight excluding hydrogens is 274 g/mol. The first-order valence-electron chi connectivity index (χ1n) is 6.27. The van der Waals surface area contributed by atoms with E-state index in [0.717, 1.165) is 0 Å². The molecule has 0 spiro atoms. The molecule has 1 aromatic carbocycles. The number of benzene rings is 1. The lowest BCUT2D eigenvalue weighted by atomic mass is 10.3. The Kier molecular flexibility index (Phi) is 4.50. The van der Waals surface area contributed by atoms with Gasteiger partial charge in [0.15, 0.2) is 0 Å². The first kappa shape index (κ1) is 14.5. The summed E-state index contributed by atoms with van der Waals surface area (Å²) in [6.07, 6.45) is 0.0996. The molecule has 8 nitrogen and oxygen atoms in total. The van der Waals surface area contributed by atoms with Gasteiger partial charge in [-0.3, -0.25) is 14.7 Å². The van der Waals surface area contributed by atoms with E-state index in [9.17, 15) is 9.59 Å². The number of carbonyl (C=O) groups excluding carboxylic acids is 2. The molecule has 0 bridgehead atoms. The zero-order valence-electron chi connectivity index (χ0n) is 11.4.